The standard InChI is InChI=1S/C25H30N8O3/c1-3-16(2)29-20-10-9-17(15-28-20)23-30-22(36-33-23)12-11-21(34)26-13-6-14-27-24-18-7-4-5-8-19(18)25(35)32-31-24/h4-5,7-10,15-16,19,27H,3,6,11-14H2,1-2H3,(H,26,34)(H,28,29). The van der Waals surface area contributed by atoms with Gasteiger partial charge in [0.1, 0.15) is 5.82 Å². The van der Waals surface area contributed by atoms with E-state index in [2.05, 4.69) is 55.2 Å². The molecule has 3 heterocycles. The van der Waals surface area contributed by atoms with Gasteiger partial charge < -0.3 is 20.5 Å². The zero-order valence-corrected chi connectivity index (χ0v) is 20.4. The van der Waals surface area contributed by atoms with Gasteiger partial charge in [-0.15, -0.1) is 10.2 Å². The molecule has 188 valence electrons. The monoisotopic (exact) mass is 490 g/mol. The summed E-state index contributed by atoms with van der Waals surface area (Å²) in [5.41, 5.74) is 1.57. The van der Waals surface area contributed by atoms with Crippen molar-refractivity contribution in [3.63, 3.8) is 0 Å². The molecule has 0 spiro atoms. The first-order chi connectivity index (χ1) is 17.5. The molecule has 11 nitrogen and oxygen atoms in total. The van der Waals surface area contributed by atoms with Gasteiger partial charge in [0.15, 0.2) is 5.82 Å². The van der Waals surface area contributed by atoms with Gasteiger partial charge in [-0.2, -0.15) is 4.98 Å². The summed E-state index contributed by atoms with van der Waals surface area (Å²) in [6, 6.07) is 4.11. The van der Waals surface area contributed by atoms with Crippen molar-refractivity contribution in [2.24, 2.45) is 16.1 Å². The number of allylic oxidation sites excluding steroid dienone is 3. The van der Waals surface area contributed by atoms with Crippen molar-refractivity contribution in [1.29, 1.82) is 0 Å². The Balaban J connectivity index is 1.16. The zero-order chi connectivity index (χ0) is 25.3. The van der Waals surface area contributed by atoms with E-state index in [4.69, 9.17) is 4.52 Å². The number of carbonyl (C=O) groups excluding carboxylic acids is 2. The number of aryl methyl sites for hydroxylation is 1. The molecule has 0 fully saturated rings. The Bertz CT molecular complexity index is 1200. The fourth-order valence-corrected chi connectivity index (χ4v) is 3.61. The average molecular weight is 491 g/mol. The van der Waals surface area contributed by atoms with Crippen LogP contribution in [-0.4, -0.2) is 46.1 Å². The molecule has 36 heavy (non-hydrogen) atoms. The first-order valence-electron chi connectivity index (χ1n) is 12.1. The molecule has 2 amide bonds. The largest absolute Gasteiger partial charge is 0.368 e. The van der Waals surface area contributed by atoms with Crippen molar-refractivity contribution in [2.75, 3.05) is 18.4 Å². The van der Waals surface area contributed by atoms with Crippen molar-refractivity contribution in [2.45, 2.75) is 45.6 Å². The van der Waals surface area contributed by atoms with E-state index in [1.165, 1.54) is 0 Å². The molecule has 1 aliphatic carbocycles. The maximum absolute atomic E-state index is 12.2. The van der Waals surface area contributed by atoms with Gasteiger partial charge >= 0.3 is 0 Å². The van der Waals surface area contributed by atoms with Crippen LogP contribution in [0.5, 0.6) is 0 Å². The van der Waals surface area contributed by atoms with E-state index in [1.807, 2.05) is 36.4 Å². The van der Waals surface area contributed by atoms with Gasteiger partial charge in [-0.05, 0) is 31.9 Å². The van der Waals surface area contributed by atoms with Crippen molar-refractivity contribution >= 4 is 17.6 Å². The van der Waals surface area contributed by atoms with Gasteiger partial charge in [-0.1, -0.05) is 36.4 Å². The summed E-state index contributed by atoms with van der Waals surface area (Å²) in [6.45, 7) is 5.30. The Kier molecular flexibility index (Phi) is 8.32. The second-order valence-electron chi connectivity index (χ2n) is 8.59. The van der Waals surface area contributed by atoms with Gasteiger partial charge in [0.25, 0.3) is 5.91 Å². The normalized spacial score (nSPS) is 17.2. The van der Waals surface area contributed by atoms with Crippen LogP contribution in [0.25, 0.3) is 11.4 Å². The summed E-state index contributed by atoms with van der Waals surface area (Å²) >= 11 is 0. The van der Waals surface area contributed by atoms with Crippen molar-refractivity contribution in [1.82, 2.24) is 25.8 Å². The van der Waals surface area contributed by atoms with Crippen LogP contribution in [0.2, 0.25) is 0 Å². The Hall–Kier alpha value is -4.15. The highest BCUT2D eigenvalue weighted by molar-refractivity contribution is 5.86. The lowest BCUT2D eigenvalue weighted by Crippen LogP contribution is -2.28. The number of azo groups is 1. The molecule has 0 saturated carbocycles. The molecule has 11 heteroatoms. The molecule has 2 unspecified atom stereocenters. The number of carbonyl (C=O) groups is 2. The summed E-state index contributed by atoms with van der Waals surface area (Å²) in [4.78, 5) is 32.8. The molecule has 0 radical (unpaired) electrons. The number of anilines is 1. The Labute approximate surface area is 209 Å². The molecule has 2 aliphatic rings. The second kappa shape index (κ2) is 12.0. The molecular formula is C25H30N8O3. The molecule has 0 aromatic carbocycles. The molecule has 0 bridgehead atoms. The third-order valence-electron chi connectivity index (χ3n) is 5.84. The molecule has 3 N–H and O–H groups in total. The second-order valence-corrected chi connectivity index (χ2v) is 8.59. The topological polar surface area (TPSA) is 147 Å². The van der Waals surface area contributed by atoms with Crippen LogP contribution in [0.1, 0.15) is 39.0 Å². The molecule has 4 rings (SSSR count). The predicted octanol–water partition coefficient (Wildman–Crippen LogP) is 3.32. The number of aromatic nitrogens is 3. The smallest absolute Gasteiger partial charge is 0.276 e. The molecule has 1 aliphatic heterocycles. The molecule has 0 saturated heterocycles. The molecule has 2 atom stereocenters. The summed E-state index contributed by atoms with van der Waals surface area (Å²) in [7, 11) is 0. The summed E-state index contributed by atoms with van der Waals surface area (Å²) < 4.78 is 5.29. The van der Waals surface area contributed by atoms with E-state index in [9.17, 15) is 9.59 Å². The minimum Gasteiger partial charge on any atom is -0.368 e. The third kappa shape index (κ3) is 6.49. The van der Waals surface area contributed by atoms with Crippen LogP contribution in [0, 0.1) is 5.92 Å². The highest BCUT2D eigenvalue weighted by Gasteiger charge is 2.26. The number of nitrogens with zero attached hydrogens (tertiary/aromatic N) is 5. The van der Waals surface area contributed by atoms with Crippen molar-refractivity contribution in [3.05, 3.63) is 59.9 Å². The fourth-order valence-electron chi connectivity index (χ4n) is 3.61. The minimum absolute atomic E-state index is 0.0951. The highest BCUT2D eigenvalue weighted by atomic mass is 16.5. The predicted molar refractivity (Wildman–Crippen MR) is 134 cm³/mol. The third-order valence-corrected chi connectivity index (χ3v) is 5.84. The highest BCUT2D eigenvalue weighted by Crippen LogP contribution is 2.27. The van der Waals surface area contributed by atoms with Crippen LogP contribution >= 0.6 is 0 Å². The van der Waals surface area contributed by atoms with E-state index >= 15 is 0 Å². The van der Waals surface area contributed by atoms with E-state index in [1.54, 1.807) is 6.20 Å². The Morgan fingerprint density at radius 3 is 2.89 bits per heavy atom. The van der Waals surface area contributed by atoms with Crippen LogP contribution < -0.4 is 16.0 Å². The van der Waals surface area contributed by atoms with Gasteiger partial charge in [0.05, 0.1) is 5.92 Å². The number of hydrogen-bond donors (Lipinski definition) is 3. The summed E-state index contributed by atoms with van der Waals surface area (Å²) in [5, 5.41) is 21.1. The average Bonchev–Trinajstić information content (AvgIpc) is 3.38. The first kappa shape index (κ1) is 25.0. The zero-order valence-electron chi connectivity index (χ0n) is 20.4. The Morgan fingerprint density at radius 1 is 1.19 bits per heavy atom. The van der Waals surface area contributed by atoms with Gasteiger partial charge in [0.2, 0.25) is 17.6 Å². The number of rotatable bonds is 12. The van der Waals surface area contributed by atoms with Crippen molar-refractivity contribution < 1.29 is 14.1 Å². The quantitative estimate of drug-likeness (QED) is 0.384. The van der Waals surface area contributed by atoms with Gasteiger partial charge in [-0.25, -0.2) is 4.98 Å². The van der Waals surface area contributed by atoms with Crippen molar-refractivity contribution in [3.8, 4) is 11.4 Å². The van der Waals surface area contributed by atoms with Crippen LogP contribution in [0.4, 0.5) is 5.82 Å². The van der Waals surface area contributed by atoms with E-state index < -0.39 is 0 Å². The Morgan fingerprint density at radius 2 is 2.08 bits per heavy atom. The lowest BCUT2D eigenvalue weighted by atomic mass is 9.93. The fraction of sp³-hybridized carbons (Fsp3) is 0.400. The first-order valence-corrected chi connectivity index (χ1v) is 12.1. The maximum atomic E-state index is 12.2. The van der Waals surface area contributed by atoms with E-state index in [-0.39, 0.29) is 24.2 Å². The number of fused-ring (bicyclic) bond motifs is 1. The molecular weight excluding hydrogens is 460 g/mol. The number of pyridine rings is 1. The number of amides is 2. The van der Waals surface area contributed by atoms with Crippen LogP contribution in [-0.2, 0) is 16.0 Å². The maximum Gasteiger partial charge on any atom is 0.276 e. The van der Waals surface area contributed by atoms with Crippen LogP contribution in [0.15, 0.2) is 68.8 Å². The SMILES string of the molecule is CCC(C)Nc1ccc(-c2noc(CCC(=O)NCCCNC3=C4C=CC=CC4C(=O)N=N3)n2)cn1. The molecule has 2 aromatic rings. The minimum atomic E-state index is -0.373. The van der Waals surface area contributed by atoms with E-state index in [0.717, 1.165) is 23.4 Å². The van der Waals surface area contributed by atoms with E-state index in [0.29, 0.717) is 49.5 Å². The lowest BCUT2D eigenvalue weighted by Gasteiger charge is -2.20. The lowest BCUT2D eigenvalue weighted by molar-refractivity contribution is -0.121. The number of nitrogens with one attached hydrogen (secondary N) is 3. The van der Waals surface area contributed by atoms with Gasteiger partial charge in [-0.3, -0.25) is 9.59 Å². The number of hydrogen-bond acceptors (Lipinski definition) is 9. The summed E-state index contributed by atoms with van der Waals surface area (Å²) in [5.74, 6) is 1.51. The van der Waals surface area contributed by atoms with Gasteiger partial charge in [0, 0.05) is 49.3 Å². The molecule has 2 aromatic heterocycles. The summed E-state index contributed by atoms with van der Waals surface area (Å²) in [6.07, 6.45) is 11.4. The van der Waals surface area contributed by atoms with Crippen LogP contribution in [0.3, 0.4) is 0 Å².